The molecule has 0 unspecified atom stereocenters. The SMILES string of the molecule is CCN(CC)S(=O)(=O)c1ccc2nnc(SCc3ccc(Cl)c(Cl)c3)n2c1. The summed E-state index contributed by atoms with van der Waals surface area (Å²) in [6, 6.07) is 8.66. The van der Waals surface area contributed by atoms with Crippen molar-refractivity contribution in [1.82, 2.24) is 18.9 Å². The van der Waals surface area contributed by atoms with Crippen molar-refractivity contribution in [1.29, 1.82) is 0 Å². The van der Waals surface area contributed by atoms with Gasteiger partial charge in [0.1, 0.15) is 0 Å². The van der Waals surface area contributed by atoms with Crippen LogP contribution in [-0.4, -0.2) is 40.4 Å². The summed E-state index contributed by atoms with van der Waals surface area (Å²) in [6.07, 6.45) is 1.57. The first-order valence-corrected chi connectivity index (χ1v) is 11.5. The lowest BCUT2D eigenvalue weighted by atomic mass is 10.2. The Kier molecular flexibility index (Phi) is 6.32. The largest absolute Gasteiger partial charge is 0.276 e. The first-order chi connectivity index (χ1) is 12.9. The Balaban J connectivity index is 1.90. The van der Waals surface area contributed by atoms with Crippen LogP contribution < -0.4 is 0 Å². The number of rotatable bonds is 7. The van der Waals surface area contributed by atoms with Crippen LogP contribution in [0.5, 0.6) is 0 Å². The summed E-state index contributed by atoms with van der Waals surface area (Å²) in [5.41, 5.74) is 1.57. The van der Waals surface area contributed by atoms with E-state index in [1.807, 2.05) is 19.9 Å². The summed E-state index contributed by atoms with van der Waals surface area (Å²) < 4.78 is 28.6. The molecule has 3 rings (SSSR count). The molecule has 0 saturated carbocycles. The zero-order valence-electron chi connectivity index (χ0n) is 14.8. The van der Waals surface area contributed by atoms with Gasteiger partial charge in [0.15, 0.2) is 10.8 Å². The van der Waals surface area contributed by atoms with E-state index in [0.717, 1.165) is 5.56 Å². The second kappa shape index (κ2) is 8.36. The van der Waals surface area contributed by atoms with Gasteiger partial charge in [0.25, 0.3) is 0 Å². The topological polar surface area (TPSA) is 67.6 Å². The predicted molar refractivity (Wildman–Crippen MR) is 109 cm³/mol. The molecule has 0 N–H and O–H groups in total. The first-order valence-electron chi connectivity index (χ1n) is 8.28. The highest BCUT2D eigenvalue weighted by Gasteiger charge is 2.22. The molecular weight excluding hydrogens is 427 g/mol. The summed E-state index contributed by atoms with van der Waals surface area (Å²) in [5, 5.41) is 9.88. The van der Waals surface area contributed by atoms with E-state index in [2.05, 4.69) is 10.2 Å². The van der Waals surface area contributed by atoms with Gasteiger partial charge in [0.05, 0.1) is 14.9 Å². The smallest absolute Gasteiger partial charge is 0.244 e. The van der Waals surface area contributed by atoms with Crippen LogP contribution in [-0.2, 0) is 15.8 Å². The van der Waals surface area contributed by atoms with Gasteiger partial charge in [-0.1, -0.05) is 54.9 Å². The van der Waals surface area contributed by atoms with E-state index in [1.54, 1.807) is 34.9 Å². The molecule has 6 nitrogen and oxygen atoms in total. The highest BCUT2D eigenvalue weighted by molar-refractivity contribution is 7.98. The number of nitrogens with zero attached hydrogens (tertiary/aromatic N) is 4. The minimum atomic E-state index is -3.55. The molecule has 0 aliphatic heterocycles. The molecule has 144 valence electrons. The van der Waals surface area contributed by atoms with E-state index in [1.165, 1.54) is 16.1 Å². The molecule has 0 spiro atoms. The summed E-state index contributed by atoms with van der Waals surface area (Å²) in [7, 11) is -3.55. The van der Waals surface area contributed by atoms with Gasteiger partial charge in [-0.05, 0) is 29.8 Å². The van der Waals surface area contributed by atoms with Gasteiger partial charge in [-0.2, -0.15) is 4.31 Å². The average molecular weight is 445 g/mol. The Labute approximate surface area is 172 Å². The van der Waals surface area contributed by atoms with Crippen LogP contribution in [0.25, 0.3) is 5.65 Å². The Morgan fingerprint density at radius 1 is 1.07 bits per heavy atom. The maximum atomic E-state index is 12.8. The van der Waals surface area contributed by atoms with Gasteiger partial charge in [-0.3, -0.25) is 4.40 Å². The van der Waals surface area contributed by atoms with Crippen molar-refractivity contribution < 1.29 is 8.42 Å². The van der Waals surface area contributed by atoms with Gasteiger partial charge in [0, 0.05) is 25.0 Å². The van der Waals surface area contributed by atoms with Crippen molar-refractivity contribution >= 4 is 50.6 Å². The third kappa shape index (κ3) is 4.25. The molecule has 2 aromatic heterocycles. The molecule has 0 aliphatic carbocycles. The van der Waals surface area contributed by atoms with Crippen molar-refractivity contribution in [2.45, 2.75) is 29.7 Å². The lowest BCUT2D eigenvalue weighted by Crippen LogP contribution is -2.30. The third-order valence-electron chi connectivity index (χ3n) is 4.04. The van der Waals surface area contributed by atoms with Gasteiger partial charge in [0.2, 0.25) is 10.0 Å². The molecule has 27 heavy (non-hydrogen) atoms. The van der Waals surface area contributed by atoms with E-state index in [9.17, 15) is 8.42 Å². The fourth-order valence-electron chi connectivity index (χ4n) is 2.59. The number of thioether (sulfide) groups is 1. The molecule has 0 atom stereocenters. The Morgan fingerprint density at radius 2 is 1.81 bits per heavy atom. The highest BCUT2D eigenvalue weighted by Crippen LogP contribution is 2.28. The molecular formula is C17H18Cl2N4O2S2. The number of aromatic nitrogens is 3. The second-order valence-corrected chi connectivity index (χ2v) is 9.40. The highest BCUT2D eigenvalue weighted by atomic mass is 35.5. The molecule has 0 bridgehead atoms. The van der Waals surface area contributed by atoms with Gasteiger partial charge in [-0.15, -0.1) is 10.2 Å². The number of hydrogen-bond donors (Lipinski definition) is 0. The minimum Gasteiger partial charge on any atom is -0.276 e. The lowest BCUT2D eigenvalue weighted by molar-refractivity contribution is 0.445. The maximum absolute atomic E-state index is 12.8. The van der Waals surface area contributed by atoms with Crippen LogP contribution in [0, 0.1) is 0 Å². The molecule has 0 fully saturated rings. The third-order valence-corrected chi connectivity index (χ3v) is 7.83. The quantitative estimate of drug-likeness (QED) is 0.506. The monoisotopic (exact) mass is 444 g/mol. The fourth-order valence-corrected chi connectivity index (χ4v) is 5.23. The van der Waals surface area contributed by atoms with Gasteiger partial charge < -0.3 is 0 Å². The molecule has 0 amide bonds. The standard InChI is InChI=1S/C17H18Cl2N4O2S2/c1-3-22(4-2)27(24,25)13-6-8-16-20-21-17(23(16)10-13)26-11-12-5-7-14(18)15(19)9-12/h5-10H,3-4,11H2,1-2H3. The van der Waals surface area contributed by atoms with E-state index in [0.29, 0.717) is 39.7 Å². The van der Waals surface area contributed by atoms with E-state index in [-0.39, 0.29) is 4.90 Å². The number of halogens is 2. The maximum Gasteiger partial charge on any atom is 0.244 e. The van der Waals surface area contributed by atoms with Crippen molar-refractivity contribution in [3.8, 4) is 0 Å². The summed E-state index contributed by atoms with van der Waals surface area (Å²) in [5.74, 6) is 0.602. The van der Waals surface area contributed by atoms with Crippen LogP contribution in [0.3, 0.4) is 0 Å². The minimum absolute atomic E-state index is 0.217. The van der Waals surface area contributed by atoms with Crippen LogP contribution in [0.4, 0.5) is 0 Å². The Bertz CT molecular complexity index is 1070. The van der Waals surface area contributed by atoms with E-state index >= 15 is 0 Å². The lowest BCUT2D eigenvalue weighted by Gasteiger charge is -2.18. The molecule has 0 radical (unpaired) electrons. The van der Waals surface area contributed by atoms with Gasteiger partial charge >= 0.3 is 0 Å². The molecule has 10 heteroatoms. The van der Waals surface area contributed by atoms with Crippen LogP contribution in [0.2, 0.25) is 10.0 Å². The number of sulfonamides is 1. The van der Waals surface area contributed by atoms with Crippen molar-refractivity contribution in [2.75, 3.05) is 13.1 Å². The number of fused-ring (bicyclic) bond motifs is 1. The van der Waals surface area contributed by atoms with Crippen LogP contribution in [0.1, 0.15) is 19.4 Å². The van der Waals surface area contributed by atoms with E-state index < -0.39 is 10.0 Å². The van der Waals surface area contributed by atoms with Crippen molar-refractivity contribution in [3.05, 3.63) is 52.1 Å². The van der Waals surface area contributed by atoms with Crippen LogP contribution in [0.15, 0.2) is 46.6 Å². The van der Waals surface area contributed by atoms with Crippen LogP contribution >= 0.6 is 35.0 Å². The number of pyridine rings is 1. The summed E-state index contributed by atoms with van der Waals surface area (Å²) in [6.45, 7) is 4.46. The average Bonchev–Trinajstić information content (AvgIpc) is 3.06. The molecule has 2 heterocycles. The predicted octanol–water partition coefficient (Wildman–Crippen LogP) is 4.36. The molecule has 0 aliphatic rings. The fraction of sp³-hybridized carbons (Fsp3) is 0.294. The number of benzene rings is 1. The zero-order chi connectivity index (χ0) is 19.6. The normalized spacial score (nSPS) is 12.2. The first kappa shape index (κ1) is 20.4. The number of hydrogen-bond acceptors (Lipinski definition) is 5. The van der Waals surface area contributed by atoms with Crippen molar-refractivity contribution in [2.24, 2.45) is 0 Å². The molecule has 3 aromatic rings. The Hall–Kier alpha value is -1.32. The van der Waals surface area contributed by atoms with Crippen molar-refractivity contribution in [3.63, 3.8) is 0 Å². The van der Waals surface area contributed by atoms with Gasteiger partial charge in [-0.25, -0.2) is 8.42 Å². The Morgan fingerprint density at radius 3 is 2.48 bits per heavy atom. The summed E-state index contributed by atoms with van der Waals surface area (Å²) in [4.78, 5) is 0.217. The summed E-state index contributed by atoms with van der Waals surface area (Å²) >= 11 is 13.4. The zero-order valence-corrected chi connectivity index (χ0v) is 17.9. The second-order valence-electron chi connectivity index (χ2n) is 5.70. The van der Waals surface area contributed by atoms with E-state index in [4.69, 9.17) is 23.2 Å². The molecule has 0 saturated heterocycles. The molecule has 1 aromatic carbocycles.